The molecule has 0 spiro atoms. The second kappa shape index (κ2) is 10.4. The molecule has 3 aromatic rings. The first-order valence-electron chi connectivity index (χ1n) is 11.0. The Hall–Kier alpha value is -4.39. The molecule has 3 aromatic heterocycles. The molecule has 2 atom stereocenters. The fraction of sp³-hybridized carbons (Fsp3) is 0.300. The van der Waals surface area contributed by atoms with Gasteiger partial charge in [-0.05, 0) is 6.07 Å². The van der Waals surface area contributed by atoms with Crippen LogP contribution in [0.1, 0.15) is 5.82 Å². The highest BCUT2D eigenvalue weighted by Crippen LogP contribution is 2.40. The summed E-state index contributed by atoms with van der Waals surface area (Å²) in [6.07, 6.45) is 0.289. The Morgan fingerprint density at radius 3 is 2.87 bits per heavy atom. The van der Waals surface area contributed by atoms with E-state index in [0.717, 1.165) is 16.4 Å². The number of halogens is 2. The van der Waals surface area contributed by atoms with Crippen LogP contribution in [0.25, 0.3) is 5.65 Å². The topological polar surface area (TPSA) is 210 Å². The van der Waals surface area contributed by atoms with Crippen molar-refractivity contribution in [2.75, 3.05) is 23.8 Å². The summed E-state index contributed by atoms with van der Waals surface area (Å²) >= 11 is 1.95. The van der Waals surface area contributed by atoms with E-state index in [1.54, 1.807) is 29.1 Å². The molecule has 0 aliphatic carbocycles. The number of fused-ring (bicyclic) bond motifs is 2. The smallest absolute Gasteiger partial charge is 0.309 e. The summed E-state index contributed by atoms with van der Waals surface area (Å²) in [6, 6.07) is 2.29. The number of aliphatic carboxylic acids is 1. The van der Waals surface area contributed by atoms with Crippen molar-refractivity contribution in [2.24, 2.45) is 5.16 Å². The standard InChI is InChI=1S/C20H18F2N10O5S2/c21-9(22)6-37-28-12(15-27-20(24)39-29-15)16(33)26-13-17(34)31-14(19(35)36)8(7-38-18(13)31)4-30-5-10(23)32-11(30)2-1-3-25-32/h1-3,5,9,13,18H,4,6-7H2,(H5-,23,24,25,26,27,29,33,35,36)/b28-12-/t13-,18-/m1/s1. The fourth-order valence-corrected chi connectivity index (χ4v) is 5.84. The van der Waals surface area contributed by atoms with Crippen LogP contribution in [0.15, 0.2) is 41.0 Å². The van der Waals surface area contributed by atoms with Gasteiger partial charge in [0.05, 0.1) is 17.9 Å². The number of anilines is 2. The molecule has 204 valence electrons. The molecule has 1 saturated heterocycles. The summed E-state index contributed by atoms with van der Waals surface area (Å²) in [4.78, 5) is 47.4. The summed E-state index contributed by atoms with van der Waals surface area (Å²) < 4.78 is 32.0. The Labute approximate surface area is 225 Å². The van der Waals surface area contributed by atoms with Gasteiger partial charge in [-0.25, -0.2) is 13.3 Å². The predicted octanol–water partition coefficient (Wildman–Crippen LogP) is -2.27. The first kappa shape index (κ1) is 26.2. The summed E-state index contributed by atoms with van der Waals surface area (Å²) in [6.45, 7) is -1.00. The average Bonchev–Trinajstić information content (AvgIpc) is 3.47. The van der Waals surface area contributed by atoms with Crippen LogP contribution in [0.2, 0.25) is 0 Å². The second-order valence-electron chi connectivity index (χ2n) is 8.16. The number of carbonyl (C=O) groups excluding carboxylic acids is 3. The minimum absolute atomic E-state index is 0.0178. The number of nitrogens with one attached hydrogen (secondary N) is 1. The number of alkyl halides is 2. The second-order valence-corrected chi connectivity index (χ2v) is 10.0. The highest BCUT2D eigenvalue weighted by Gasteiger charge is 2.53. The average molecular weight is 581 g/mol. The molecule has 1 fully saturated rings. The summed E-state index contributed by atoms with van der Waals surface area (Å²) in [5, 5.41) is 21.3. The Kier molecular flexibility index (Phi) is 7.00. The van der Waals surface area contributed by atoms with Crippen LogP contribution in [-0.4, -0.2) is 77.6 Å². The Bertz CT molecular complexity index is 1540. The number of thioether (sulfide) groups is 1. The highest BCUT2D eigenvalue weighted by atomic mass is 32.2. The third kappa shape index (κ3) is 4.92. The number of nitrogens with zero attached hydrogens (tertiary/aromatic N) is 7. The third-order valence-electron chi connectivity index (χ3n) is 5.67. The van der Waals surface area contributed by atoms with Crippen molar-refractivity contribution < 1.29 is 37.7 Å². The van der Waals surface area contributed by atoms with Gasteiger partial charge in [-0.1, -0.05) is 14.8 Å². The van der Waals surface area contributed by atoms with Crippen LogP contribution in [0, 0.1) is 0 Å². The van der Waals surface area contributed by atoms with Crippen LogP contribution in [-0.2, 0) is 25.8 Å². The van der Waals surface area contributed by atoms with E-state index >= 15 is 0 Å². The molecule has 5 N–H and O–H groups in total. The van der Waals surface area contributed by atoms with E-state index in [9.17, 15) is 28.3 Å². The molecular weight excluding hydrogens is 562 g/mol. The number of oxime groups is 1. The summed E-state index contributed by atoms with van der Waals surface area (Å²) in [7, 11) is 0. The van der Waals surface area contributed by atoms with E-state index < -0.39 is 47.9 Å². The molecule has 15 nitrogen and oxygen atoms in total. The van der Waals surface area contributed by atoms with E-state index in [4.69, 9.17) is 11.5 Å². The number of amides is 2. The Morgan fingerprint density at radius 2 is 2.18 bits per heavy atom. The van der Waals surface area contributed by atoms with Crippen molar-refractivity contribution in [3.8, 4) is 0 Å². The van der Waals surface area contributed by atoms with Gasteiger partial charge in [-0.3, -0.25) is 14.5 Å². The minimum Gasteiger partial charge on any atom is -0.543 e. The largest absolute Gasteiger partial charge is 0.543 e. The number of imidazole rings is 1. The molecule has 5 heterocycles. The minimum atomic E-state index is -2.85. The molecule has 0 unspecified atom stereocenters. The number of hydrogen-bond acceptors (Lipinski definition) is 13. The summed E-state index contributed by atoms with van der Waals surface area (Å²) in [5.41, 5.74) is 11.6. The van der Waals surface area contributed by atoms with Gasteiger partial charge in [0.1, 0.15) is 18.0 Å². The highest BCUT2D eigenvalue weighted by molar-refractivity contribution is 8.00. The van der Waals surface area contributed by atoms with Crippen molar-refractivity contribution in [3.05, 3.63) is 41.6 Å². The molecule has 0 aromatic carbocycles. The van der Waals surface area contributed by atoms with Gasteiger partial charge in [-0.15, -0.1) is 11.8 Å². The number of nitrogens with two attached hydrogens (primary N) is 2. The predicted molar refractivity (Wildman–Crippen MR) is 130 cm³/mol. The van der Waals surface area contributed by atoms with E-state index in [2.05, 4.69) is 29.8 Å². The van der Waals surface area contributed by atoms with Crippen LogP contribution in [0.5, 0.6) is 0 Å². The molecule has 2 amide bonds. The summed E-state index contributed by atoms with van der Waals surface area (Å²) in [5.74, 6) is -3.04. The van der Waals surface area contributed by atoms with Gasteiger partial charge in [-0.2, -0.15) is 9.36 Å². The number of hydrogen-bond donors (Lipinski definition) is 3. The molecule has 0 bridgehead atoms. The van der Waals surface area contributed by atoms with Crippen LogP contribution >= 0.6 is 23.3 Å². The molecule has 2 aliphatic rings. The molecule has 0 saturated carbocycles. The first-order chi connectivity index (χ1) is 18.7. The fourth-order valence-electron chi connectivity index (χ4n) is 4.07. The van der Waals surface area contributed by atoms with Crippen LogP contribution in [0.3, 0.4) is 0 Å². The van der Waals surface area contributed by atoms with Crippen molar-refractivity contribution in [3.63, 3.8) is 0 Å². The van der Waals surface area contributed by atoms with Crippen molar-refractivity contribution in [1.82, 2.24) is 29.2 Å². The van der Waals surface area contributed by atoms with E-state index in [1.807, 2.05) is 0 Å². The lowest BCUT2D eigenvalue weighted by Crippen LogP contribution is -2.71. The van der Waals surface area contributed by atoms with Gasteiger partial charge < -0.3 is 31.5 Å². The molecular formula is C20H18F2N10O5S2. The Balaban J connectivity index is 1.36. The number of β-lactam (4-membered cyclic amide) rings is 1. The van der Waals surface area contributed by atoms with Gasteiger partial charge in [0.2, 0.25) is 11.5 Å². The SMILES string of the molecule is Nc1nc(/C(=N/OCC(F)F)C(=O)N[C@@H]2C(=O)N3C(C(=O)[O-])=C(C[n+]4cc(N)n5ncccc54)CS[C@H]23)ns1. The van der Waals surface area contributed by atoms with E-state index in [0.29, 0.717) is 17.0 Å². The van der Waals surface area contributed by atoms with Crippen LogP contribution < -0.4 is 26.5 Å². The van der Waals surface area contributed by atoms with Crippen molar-refractivity contribution >= 4 is 63.4 Å². The zero-order chi connectivity index (χ0) is 27.8. The maximum absolute atomic E-state index is 13.0. The van der Waals surface area contributed by atoms with Crippen molar-refractivity contribution in [1.29, 1.82) is 0 Å². The van der Waals surface area contributed by atoms with Crippen molar-refractivity contribution in [2.45, 2.75) is 24.4 Å². The maximum atomic E-state index is 13.0. The molecule has 5 rings (SSSR count). The lowest BCUT2D eigenvalue weighted by atomic mass is 10.0. The molecule has 19 heteroatoms. The monoisotopic (exact) mass is 580 g/mol. The zero-order valence-corrected chi connectivity index (χ0v) is 21.2. The van der Waals surface area contributed by atoms with Crippen LogP contribution in [0.4, 0.5) is 19.7 Å². The van der Waals surface area contributed by atoms with E-state index in [1.165, 1.54) is 16.3 Å². The van der Waals surface area contributed by atoms with Gasteiger partial charge in [0.25, 0.3) is 24.1 Å². The molecule has 0 radical (unpaired) electrons. The molecule has 39 heavy (non-hydrogen) atoms. The maximum Gasteiger partial charge on any atom is 0.309 e. The quantitative estimate of drug-likeness (QED) is 0.106. The van der Waals surface area contributed by atoms with Gasteiger partial charge in [0, 0.05) is 28.9 Å². The lowest BCUT2D eigenvalue weighted by Gasteiger charge is -2.50. The van der Waals surface area contributed by atoms with Gasteiger partial charge in [0.15, 0.2) is 17.9 Å². The first-order valence-corrected chi connectivity index (χ1v) is 12.9. The van der Waals surface area contributed by atoms with E-state index in [-0.39, 0.29) is 29.0 Å². The normalized spacial score (nSPS) is 19.3. The number of rotatable bonds is 9. The number of aromatic nitrogens is 5. The zero-order valence-electron chi connectivity index (χ0n) is 19.6. The number of carboxylic acids is 1. The third-order valence-corrected chi connectivity index (χ3v) is 7.55. The number of carbonyl (C=O) groups is 3. The number of carboxylic acid groups (broad SMARTS) is 1. The Morgan fingerprint density at radius 1 is 1.38 bits per heavy atom. The molecule has 2 aliphatic heterocycles. The van der Waals surface area contributed by atoms with Gasteiger partial charge >= 0.3 is 5.65 Å². The number of nitrogen functional groups attached to an aromatic ring is 2. The lowest BCUT2D eigenvalue weighted by molar-refractivity contribution is -0.662.